The summed E-state index contributed by atoms with van der Waals surface area (Å²) in [7, 11) is 0. The highest BCUT2D eigenvalue weighted by Gasteiger charge is 2.10. The molecule has 0 aromatic rings. The van der Waals surface area contributed by atoms with E-state index in [-0.39, 0.29) is 5.78 Å². The second-order valence-corrected chi connectivity index (χ2v) is 2.83. The van der Waals surface area contributed by atoms with Crippen LogP contribution in [0.1, 0.15) is 32.1 Å². The van der Waals surface area contributed by atoms with Crippen molar-refractivity contribution >= 4 is 5.78 Å². The van der Waals surface area contributed by atoms with Gasteiger partial charge >= 0.3 is 0 Å². The average Bonchev–Trinajstić information content (AvgIpc) is 2.37. The highest BCUT2D eigenvalue weighted by atomic mass is 16.1. The van der Waals surface area contributed by atoms with Gasteiger partial charge in [-0.1, -0.05) is 5.57 Å². The van der Waals surface area contributed by atoms with E-state index in [0.29, 0.717) is 6.42 Å². The van der Waals surface area contributed by atoms with Crippen LogP contribution in [-0.4, -0.2) is 5.78 Å². The summed E-state index contributed by atoms with van der Waals surface area (Å²) in [5.74, 6) is 2.87. The first kappa shape index (κ1) is 8.07. The van der Waals surface area contributed by atoms with Gasteiger partial charge in [-0.15, -0.1) is 12.3 Å². The van der Waals surface area contributed by atoms with Crippen LogP contribution in [0.4, 0.5) is 0 Å². The Kier molecular flexibility index (Phi) is 2.92. The second-order valence-electron chi connectivity index (χ2n) is 2.83. The predicted octanol–water partition coefficient (Wildman–Crippen LogP) is 2.08. The fourth-order valence-electron chi connectivity index (χ4n) is 1.27. The lowest BCUT2D eigenvalue weighted by molar-refractivity contribution is -0.114. The molecule has 0 aliphatic heterocycles. The zero-order valence-electron chi connectivity index (χ0n) is 6.60. The molecule has 1 nitrogen and oxygen atoms in total. The summed E-state index contributed by atoms with van der Waals surface area (Å²) >= 11 is 0. The monoisotopic (exact) mass is 148 g/mol. The molecule has 1 rings (SSSR count). The van der Waals surface area contributed by atoms with E-state index in [9.17, 15) is 4.79 Å². The van der Waals surface area contributed by atoms with Crippen LogP contribution in [0.3, 0.4) is 0 Å². The van der Waals surface area contributed by atoms with Crippen LogP contribution in [0.15, 0.2) is 11.6 Å². The summed E-state index contributed by atoms with van der Waals surface area (Å²) in [6.45, 7) is 0. The smallest absolute Gasteiger partial charge is 0.155 e. The number of hydrogen-bond acceptors (Lipinski definition) is 1. The van der Waals surface area contributed by atoms with Gasteiger partial charge in [-0.2, -0.15) is 0 Å². The molecule has 0 amide bonds. The highest BCUT2D eigenvalue weighted by Crippen LogP contribution is 2.19. The maximum atomic E-state index is 10.8. The molecule has 0 aromatic carbocycles. The molecule has 0 bridgehead atoms. The maximum absolute atomic E-state index is 10.8. The van der Waals surface area contributed by atoms with Crippen molar-refractivity contribution in [3.05, 3.63) is 11.6 Å². The minimum Gasteiger partial charge on any atom is -0.295 e. The molecule has 0 heterocycles. The van der Waals surface area contributed by atoms with Gasteiger partial charge in [-0.25, -0.2) is 0 Å². The van der Waals surface area contributed by atoms with E-state index >= 15 is 0 Å². The standard InChI is InChI=1S/C10H12O/c1-2-3-4-5-9-6-7-10(11)8-9/h1,8H,3-7H2. The Hall–Kier alpha value is -1.03. The molecular formula is C10H12O. The number of carbonyl (C=O) groups is 1. The Morgan fingerprint density at radius 3 is 2.91 bits per heavy atom. The summed E-state index contributed by atoms with van der Waals surface area (Å²) in [6.07, 6.45) is 11.4. The van der Waals surface area contributed by atoms with Gasteiger partial charge in [-0.3, -0.25) is 4.79 Å². The fraction of sp³-hybridized carbons (Fsp3) is 0.500. The van der Waals surface area contributed by atoms with E-state index in [1.165, 1.54) is 5.57 Å². The lowest BCUT2D eigenvalue weighted by Gasteiger charge is -1.95. The van der Waals surface area contributed by atoms with E-state index in [1.54, 1.807) is 6.08 Å². The van der Waals surface area contributed by atoms with Crippen LogP contribution in [0.2, 0.25) is 0 Å². The van der Waals surface area contributed by atoms with Crippen LogP contribution < -0.4 is 0 Å². The van der Waals surface area contributed by atoms with Crippen LogP contribution in [0.5, 0.6) is 0 Å². The number of unbranched alkanes of at least 4 members (excludes halogenated alkanes) is 1. The van der Waals surface area contributed by atoms with Crippen LogP contribution in [0.25, 0.3) is 0 Å². The van der Waals surface area contributed by atoms with Gasteiger partial charge in [0.15, 0.2) is 5.78 Å². The Bertz CT molecular complexity index is 218. The molecule has 0 atom stereocenters. The Morgan fingerprint density at radius 2 is 2.36 bits per heavy atom. The molecule has 0 unspecified atom stereocenters. The van der Waals surface area contributed by atoms with Crippen molar-refractivity contribution in [2.75, 3.05) is 0 Å². The van der Waals surface area contributed by atoms with Crippen molar-refractivity contribution in [1.82, 2.24) is 0 Å². The first-order valence-electron chi connectivity index (χ1n) is 3.98. The molecule has 0 N–H and O–H groups in total. The van der Waals surface area contributed by atoms with Gasteiger partial charge < -0.3 is 0 Å². The van der Waals surface area contributed by atoms with Crippen molar-refractivity contribution in [2.24, 2.45) is 0 Å². The van der Waals surface area contributed by atoms with E-state index in [1.807, 2.05) is 0 Å². The van der Waals surface area contributed by atoms with Gasteiger partial charge in [0.1, 0.15) is 0 Å². The number of ketones is 1. The van der Waals surface area contributed by atoms with Crippen molar-refractivity contribution in [2.45, 2.75) is 32.1 Å². The average molecular weight is 148 g/mol. The van der Waals surface area contributed by atoms with Gasteiger partial charge in [-0.05, 0) is 25.3 Å². The minimum absolute atomic E-state index is 0.278. The zero-order valence-corrected chi connectivity index (χ0v) is 6.60. The summed E-state index contributed by atoms with van der Waals surface area (Å²) < 4.78 is 0. The lowest BCUT2D eigenvalue weighted by atomic mass is 10.1. The highest BCUT2D eigenvalue weighted by molar-refractivity contribution is 5.92. The van der Waals surface area contributed by atoms with Crippen LogP contribution in [-0.2, 0) is 4.79 Å². The van der Waals surface area contributed by atoms with Crippen LogP contribution >= 0.6 is 0 Å². The third-order valence-electron chi connectivity index (χ3n) is 1.88. The van der Waals surface area contributed by atoms with Gasteiger partial charge in [0.25, 0.3) is 0 Å². The van der Waals surface area contributed by atoms with Gasteiger partial charge in [0.05, 0.1) is 0 Å². The number of carbonyl (C=O) groups excluding carboxylic acids is 1. The Morgan fingerprint density at radius 1 is 1.55 bits per heavy atom. The van der Waals surface area contributed by atoms with E-state index < -0.39 is 0 Å². The molecule has 1 heteroatoms. The molecule has 0 radical (unpaired) electrons. The molecule has 0 fully saturated rings. The molecule has 0 aromatic heterocycles. The number of terminal acetylenes is 1. The number of hydrogen-bond donors (Lipinski definition) is 0. The largest absolute Gasteiger partial charge is 0.295 e. The van der Waals surface area contributed by atoms with Crippen molar-refractivity contribution in [3.8, 4) is 12.3 Å². The first-order chi connectivity index (χ1) is 5.33. The molecule has 58 valence electrons. The summed E-state index contributed by atoms with van der Waals surface area (Å²) in [5, 5.41) is 0. The van der Waals surface area contributed by atoms with Crippen molar-refractivity contribution in [1.29, 1.82) is 0 Å². The van der Waals surface area contributed by atoms with Crippen LogP contribution in [0, 0.1) is 12.3 Å². The van der Waals surface area contributed by atoms with Crippen molar-refractivity contribution in [3.63, 3.8) is 0 Å². The Balaban J connectivity index is 2.23. The van der Waals surface area contributed by atoms with Crippen molar-refractivity contribution < 1.29 is 4.79 Å². The molecule has 0 saturated carbocycles. The summed E-state index contributed by atoms with van der Waals surface area (Å²) in [6, 6.07) is 0. The summed E-state index contributed by atoms with van der Waals surface area (Å²) in [5.41, 5.74) is 1.28. The predicted molar refractivity (Wildman–Crippen MR) is 45.0 cm³/mol. The van der Waals surface area contributed by atoms with E-state index in [0.717, 1.165) is 25.7 Å². The topological polar surface area (TPSA) is 17.1 Å². The Labute approximate surface area is 67.5 Å². The first-order valence-corrected chi connectivity index (χ1v) is 3.98. The maximum Gasteiger partial charge on any atom is 0.155 e. The molecule has 11 heavy (non-hydrogen) atoms. The van der Waals surface area contributed by atoms with E-state index in [2.05, 4.69) is 5.92 Å². The molecule has 1 aliphatic carbocycles. The lowest BCUT2D eigenvalue weighted by Crippen LogP contribution is -1.80. The fourth-order valence-corrected chi connectivity index (χ4v) is 1.27. The van der Waals surface area contributed by atoms with E-state index in [4.69, 9.17) is 6.42 Å². The normalized spacial score (nSPS) is 16.3. The molecule has 0 saturated heterocycles. The number of rotatable bonds is 3. The second kappa shape index (κ2) is 3.98. The zero-order chi connectivity index (χ0) is 8.10. The summed E-state index contributed by atoms with van der Waals surface area (Å²) in [4.78, 5) is 10.8. The number of allylic oxidation sites excluding steroid dienone is 2. The molecule has 1 aliphatic rings. The molecular weight excluding hydrogens is 136 g/mol. The quantitative estimate of drug-likeness (QED) is 0.442. The van der Waals surface area contributed by atoms with Gasteiger partial charge in [0.2, 0.25) is 0 Å². The van der Waals surface area contributed by atoms with Gasteiger partial charge in [0, 0.05) is 12.8 Å². The molecule has 0 spiro atoms. The third-order valence-corrected chi connectivity index (χ3v) is 1.88. The minimum atomic E-state index is 0.278. The third kappa shape index (κ3) is 2.59. The SMILES string of the molecule is C#CCCCC1=CC(=O)CC1.